The summed E-state index contributed by atoms with van der Waals surface area (Å²) in [5.41, 5.74) is 12.0. The van der Waals surface area contributed by atoms with E-state index in [2.05, 4.69) is 21.4 Å². The molecule has 156 valence electrons. The van der Waals surface area contributed by atoms with Crippen molar-refractivity contribution in [2.45, 2.75) is 37.1 Å². The van der Waals surface area contributed by atoms with Gasteiger partial charge in [-0.1, -0.05) is 41.5 Å². The molecule has 0 saturated carbocycles. The number of hydrogen-bond acceptors (Lipinski definition) is 4. The van der Waals surface area contributed by atoms with Crippen LogP contribution in [0.1, 0.15) is 29.2 Å². The number of ether oxygens (including phenoxy) is 1. The van der Waals surface area contributed by atoms with Crippen molar-refractivity contribution in [1.82, 2.24) is 10.2 Å². The highest BCUT2D eigenvalue weighted by molar-refractivity contribution is 5.82. The molecule has 4 rings (SSSR count). The maximum absolute atomic E-state index is 13.5. The number of halogens is 1. The number of amides is 1. The van der Waals surface area contributed by atoms with Gasteiger partial charge in [0.15, 0.2) is 0 Å². The maximum atomic E-state index is 13.5. The molecule has 1 unspecified atom stereocenters. The summed E-state index contributed by atoms with van der Waals surface area (Å²) in [5, 5.41) is 6.94. The molecule has 0 bridgehead atoms. The van der Waals surface area contributed by atoms with Crippen molar-refractivity contribution < 1.29 is 13.9 Å². The van der Waals surface area contributed by atoms with Crippen molar-refractivity contribution in [1.29, 1.82) is 0 Å². The lowest BCUT2D eigenvalue weighted by Gasteiger charge is -2.41. The second kappa shape index (κ2) is 8.83. The highest BCUT2D eigenvalue weighted by atomic mass is 19.1. The molecule has 1 saturated heterocycles. The summed E-state index contributed by atoms with van der Waals surface area (Å²) in [7, 11) is 1.78. The van der Waals surface area contributed by atoms with Crippen LogP contribution in [0.2, 0.25) is 0 Å². The number of fused-ring (bicyclic) bond motifs is 1. The largest absolute Gasteiger partial charge is 0.367 e. The second-order valence-electron chi connectivity index (χ2n) is 7.66. The van der Waals surface area contributed by atoms with Gasteiger partial charge in [0, 0.05) is 17.5 Å². The summed E-state index contributed by atoms with van der Waals surface area (Å²) >= 11 is 0. The summed E-state index contributed by atoms with van der Waals surface area (Å²) in [4.78, 5) is 18.3. The smallest absolute Gasteiger partial charge is 0.252 e. The Morgan fingerprint density at radius 2 is 2.03 bits per heavy atom. The summed E-state index contributed by atoms with van der Waals surface area (Å²) < 4.78 is 19.4. The first-order valence-electron chi connectivity index (χ1n) is 10.1. The zero-order valence-corrected chi connectivity index (χ0v) is 16.7. The van der Waals surface area contributed by atoms with Crippen molar-refractivity contribution in [2.75, 3.05) is 20.2 Å². The summed E-state index contributed by atoms with van der Waals surface area (Å²) in [6, 6.07) is 13.5. The highest BCUT2D eigenvalue weighted by Gasteiger charge is 2.39. The second-order valence-corrected chi connectivity index (χ2v) is 7.66. The monoisotopic (exact) mass is 409 g/mol. The lowest BCUT2D eigenvalue weighted by Crippen LogP contribution is -2.53. The number of rotatable bonds is 4. The van der Waals surface area contributed by atoms with Crippen molar-refractivity contribution in [3.63, 3.8) is 0 Å². The van der Waals surface area contributed by atoms with Crippen LogP contribution in [0, 0.1) is 5.82 Å². The Labute approximate surface area is 174 Å². The molecule has 2 heterocycles. The van der Waals surface area contributed by atoms with Gasteiger partial charge in [-0.2, -0.15) is 0 Å². The van der Waals surface area contributed by atoms with E-state index >= 15 is 0 Å². The molecule has 30 heavy (non-hydrogen) atoms. The fraction of sp³-hybridized carbons (Fsp3) is 0.409. The highest BCUT2D eigenvalue weighted by Crippen LogP contribution is 2.36. The molecule has 1 N–H and O–H groups in total. The lowest BCUT2D eigenvalue weighted by atomic mass is 9.87. The van der Waals surface area contributed by atoms with E-state index in [0.29, 0.717) is 19.6 Å². The Balaban J connectivity index is 1.65. The van der Waals surface area contributed by atoms with Gasteiger partial charge < -0.3 is 15.0 Å². The van der Waals surface area contributed by atoms with Crippen LogP contribution >= 0.6 is 0 Å². The Morgan fingerprint density at radius 3 is 2.77 bits per heavy atom. The molecule has 0 aromatic heterocycles. The van der Waals surface area contributed by atoms with Gasteiger partial charge in [0.1, 0.15) is 11.9 Å². The van der Waals surface area contributed by atoms with Gasteiger partial charge in [0.05, 0.1) is 18.7 Å². The van der Waals surface area contributed by atoms with Gasteiger partial charge in [-0.25, -0.2) is 4.39 Å². The zero-order valence-electron chi connectivity index (χ0n) is 16.7. The Kier molecular flexibility index (Phi) is 5.99. The van der Waals surface area contributed by atoms with Crippen LogP contribution in [0.5, 0.6) is 0 Å². The Morgan fingerprint density at radius 1 is 1.27 bits per heavy atom. The summed E-state index contributed by atoms with van der Waals surface area (Å²) in [6.07, 6.45) is 0.381. The molecule has 0 aliphatic carbocycles. The molecule has 2 aliphatic heterocycles. The first-order chi connectivity index (χ1) is 14.6. The summed E-state index contributed by atoms with van der Waals surface area (Å²) in [6.45, 7) is 0.835. The number of nitrogens with zero attached hydrogens (tertiary/aromatic N) is 4. The molecule has 2 aromatic carbocycles. The lowest BCUT2D eigenvalue weighted by molar-refractivity contribution is -0.150. The molecule has 8 heteroatoms. The van der Waals surface area contributed by atoms with Crippen LogP contribution in [0.25, 0.3) is 10.4 Å². The van der Waals surface area contributed by atoms with E-state index in [-0.39, 0.29) is 29.8 Å². The SMILES string of the molecule is CN[C@@H]1CO[C@@H](C(=O)N2CCc3ccccc3[C@@H]2c2ccc(F)cc2)CC1N=[N+]=[N-]. The Bertz CT molecular complexity index is 960. The average molecular weight is 409 g/mol. The first kappa shape index (κ1) is 20.3. The topological polar surface area (TPSA) is 90.3 Å². The number of carbonyl (C=O) groups is 1. The van der Waals surface area contributed by atoms with E-state index in [0.717, 1.165) is 17.5 Å². The molecular weight excluding hydrogens is 385 g/mol. The number of likely N-dealkylation sites (N-methyl/N-ethyl adjacent to an activating group) is 1. The standard InChI is InChI=1S/C22H24FN5O2/c1-25-19-13-30-20(12-18(19)26-27-24)22(29)28-11-10-14-4-2-3-5-17(14)21(28)15-6-8-16(23)9-7-15/h2-9,18-21,25H,10-13H2,1H3/t18?,19-,20-,21+/m1/s1. The van der Waals surface area contributed by atoms with Crippen LogP contribution in [0.4, 0.5) is 4.39 Å². The molecule has 0 radical (unpaired) electrons. The number of azide groups is 1. The quantitative estimate of drug-likeness (QED) is 0.477. The zero-order chi connectivity index (χ0) is 21.1. The average Bonchev–Trinajstić information content (AvgIpc) is 2.78. The number of carbonyl (C=O) groups excluding carboxylic acids is 1. The fourth-order valence-corrected chi connectivity index (χ4v) is 4.42. The van der Waals surface area contributed by atoms with Gasteiger partial charge in [-0.3, -0.25) is 4.79 Å². The van der Waals surface area contributed by atoms with E-state index < -0.39 is 6.10 Å². The minimum atomic E-state index is -0.682. The van der Waals surface area contributed by atoms with Crippen molar-refractivity contribution in [2.24, 2.45) is 5.11 Å². The van der Waals surface area contributed by atoms with Crippen molar-refractivity contribution in [3.05, 3.63) is 81.5 Å². The van der Waals surface area contributed by atoms with E-state index in [1.165, 1.54) is 17.7 Å². The van der Waals surface area contributed by atoms with E-state index in [1.54, 1.807) is 19.2 Å². The van der Waals surface area contributed by atoms with E-state index in [9.17, 15) is 9.18 Å². The van der Waals surface area contributed by atoms with Gasteiger partial charge >= 0.3 is 0 Å². The van der Waals surface area contributed by atoms with Crippen LogP contribution in [-0.2, 0) is 16.0 Å². The van der Waals surface area contributed by atoms with Crippen LogP contribution in [-0.4, -0.2) is 49.2 Å². The van der Waals surface area contributed by atoms with E-state index in [1.807, 2.05) is 23.1 Å². The van der Waals surface area contributed by atoms with Crippen LogP contribution in [0.3, 0.4) is 0 Å². The minimum Gasteiger partial charge on any atom is -0.367 e. The van der Waals surface area contributed by atoms with Gasteiger partial charge in [-0.15, -0.1) is 0 Å². The molecule has 4 atom stereocenters. The number of hydrogen-bond donors (Lipinski definition) is 1. The maximum Gasteiger partial charge on any atom is 0.252 e. The van der Waals surface area contributed by atoms with Gasteiger partial charge in [0.25, 0.3) is 5.91 Å². The first-order valence-corrected chi connectivity index (χ1v) is 10.1. The van der Waals surface area contributed by atoms with Crippen molar-refractivity contribution in [3.8, 4) is 0 Å². The molecule has 7 nitrogen and oxygen atoms in total. The molecular formula is C22H24FN5O2. The van der Waals surface area contributed by atoms with Crippen molar-refractivity contribution >= 4 is 5.91 Å². The third-order valence-electron chi connectivity index (χ3n) is 6.00. The molecule has 1 fully saturated rings. The fourth-order valence-electron chi connectivity index (χ4n) is 4.42. The Hall–Kier alpha value is -2.93. The molecule has 1 amide bonds. The van der Waals surface area contributed by atoms with Crippen LogP contribution < -0.4 is 5.32 Å². The predicted molar refractivity (Wildman–Crippen MR) is 110 cm³/mol. The van der Waals surface area contributed by atoms with Crippen LogP contribution in [0.15, 0.2) is 53.6 Å². The third kappa shape index (κ3) is 3.89. The van der Waals surface area contributed by atoms with Gasteiger partial charge in [-0.05, 0) is 54.2 Å². The molecule has 0 spiro atoms. The normalized spacial score (nSPS) is 25.9. The summed E-state index contributed by atoms with van der Waals surface area (Å²) in [5.74, 6) is -0.446. The molecule has 2 aromatic rings. The molecule has 2 aliphatic rings. The van der Waals surface area contributed by atoms with Gasteiger partial charge in [0.2, 0.25) is 0 Å². The third-order valence-corrected chi connectivity index (χ3v) is 6.00. The predicted octanol–water partition coefficient (Wildman–Crippen LogP) is 3.36. The number of nitrogens with one attached hydrogen (secondary N) is 1. The number of benzene rings is 2. The van der Waals surface area contributed by atoms with E-state index in [4.69, 9.17) is 10.3 Å². The minimum absolute atomic E-state index is 0.125.